The molecule has 0 spiro atoms. The number of ether oxygens (including phenoxy) is 1. The number of hydrogen-bond acceptors (Lipinski definition) is 5. The number of nitrogens with zero attached hydrogens (tertiary/aromatic N) is 3. The smallest absolute Gasteiger partial charge is 0.289 e. The first-order valence-corrected chi connectivity index (χ1v) is 11.5. The highest BCUT2D eigenvalue weighted by molar-refractivity contribution is 6.42. The Morgan fingerprint density at radius 1 is 1.21 bits per heavy atom. The van der Waals surface area contributed by atoms with Crippen LogP contribution in [-0.4, -0.2) is 35.0 Å². The van der Waals surface area contributed by atoms with E-state index < -0.39 is 0 Å². The molecule has 1 fully saturated rings. The van der Waals surface area contributed by atoms with E-state index in [-0.39, 0.29) is 36.0 Å². The molecule has 1 saturated heterocycles. The van der Waals surface area contributed by atoms with Gasteiger partial charge in [-0.1, -0.05) is 40.9 Å². The zero-order chi connectivity index (χ0) is 23.5. The van der Waals surface area contributed by atoms with Gasteiger partial charge < -0.3 is 14.1 Å². The largest absolute Gasteiger partial charge is 0.474 e. The van der Waals surface area contributed by atoms with Gasteiger partial charge in [-0.25, -0.2) is 4.98 Å². The van der Waals surface area contributed by atoms with Gasteiger partial charge in [0, 0.05) is 37.2 Å². The van der Waals surface area contributed by atoms with Crippen LogP contribution in [0.5, 0.6) is 5.88 Å². The maximum Gasteiger partial charge on any atom is 0.289 e. The van der Waals surface area contributed by atoms with Crippen LogP contribution in [0.3, 0.4) is 0 Å². The number of carbonyl (C=O) groups excluding carboxylic acids is 1. The van der Waals surface area contributed by atoms with Crippen molar-refractivity contribution in [3.05, 3.63) is 80.8 Å². The summed E-state index contributed by atoms with van der Waals surface area (Å²) in [4.78, 5) is 19.1. The van der Waals surface area contributed by atoms with E-state index in [1.54, 1.807) is 35.2 Å². The molecule has 0 bridgehead atoms. The zero-order valence-electron chi connectivity index (χ0n) is 17.7. The van der Waals surface area contributed by atoms with Crippen molar-refractivity contribution in [3.63, 3.8) is 0 Å². The molecular weight excluding hydrogens is 485 g/mol. The highest BCUT2D eigenvalue weighted by Gasteiger charge is 2.41. The van der Waals surface area contributed by atoms with E-state index in [1.807, 2.05) is 25.1 Å². The number of amides is 1. The first-order valence-electron chi connectivity index (χ1n) is 10.3. The minimum atomic E-state index is -0.262. The Morgan fingerprint density at radius 3 is 2.73 bits per heavy atom. The summed E-state index contributed by atoms with van der Waals surface area (Å²) in [6.45, 7) is 2.86. The number of rotatable bonds is 6. The van der Waals surface area contributed by atoms with Crippen molar-refractivity contribution in [3.8, 4) is 11.9 Å². The Bertz CT molecular complexity index is 1190. The Balaban J connectivity index is 1.59. The second-order valence-electron chi connectivity index (χ2n) is 7.89. The highest BCUT2D eigenvalue weighted by atomic mass is 35.5. The van der Waals surface area contributed by atoms with Gasteiger partial charge in [0.25, 0.3) is 5.91 Å². The van der Waals surface area contributed by atoms with Crippen molar-refractivity contribution in [1.29, 1.82) is 5.26 Å². The fourth-order valence-corrected chi connectivity index (χ4v) is 4.52. The monoisotopic (exact) mass is 503 g/mol. The van der Waals surface area contributed by atoms with Crippen molar-refractivity contribution in [2.45, 2.75) is 25.4 Å². The minimum absolute atomic E-state index is 0.0421. The summed E-state index contributed by atoms with van der Waals surface area (Å²) in [5.74, 6) is 0.807. The van der Waals surface area contributed by atoms with Gasteiger partial charge in [-0.2, -0.15) is 5.26 Å². The Morgan fingerprint density at radius 2 is 2.03 bits per heavy atom. The Hall–Kier alpha value is -2.72. The number of nitriles is 1. The molecule has 1 aliphatic rings. The van der Waals surface area contributed by atoms with E-state index in [1.165, 1.54) is 6.20 Å². The quantitative estimate of drug-likeness (QED) is 0.410. The van der Waals surface area contributed by atoms with Crippen LogP contribution >= 0.6 is 34.8 Å². The third-order valence-electron chi connectivity index (χ3n) is 5.76. The fourth-order valence-electron chi connectivity index (χ4n) is 4.10. The van der Waals surface area contributed by atoms with E-state index in [9.17, 15) is 4.79 Å². The molecule has 3 heterocycles. The summed E-state index contributed by atoms with van der Waals surface area (Å²) in [6.07, 6.45) is 1.38. The van der Waals surface area contributed by atoms with Crippen LogP contribution in [-0.2, 0) is 6.42 Å². The molecule has 3 aromatic rings. The molecule has 0 aliphatic carbocycles. The van der Waals surface area contributed by atoms with Crippen LogP contribution in [0.4, 0.5) is 0 Å². The number of pyridine rings is 1. The standard InChI is InChI=1S/C24H20Cl3N3O3/c1-14(32-23-7-3-16(25)11-29-23)18-12-30(24(31)22-6-4-17(33-22)8-9-28)13-19(18)15-2-5-20(26)21(27)10-15/h2-7,10-11,14,18-19H,8,12-13H2,1H3. The number of halogens is 3. The maximum absolute atomic E-state index is 13.2. The summed E-state index contributed by atoms with van der Waals surface area (Å²) in [6, 6.07) is 14.2. The lowest BCUT2D eigenvalue weighted by Crippen LogP contribution is -2.32. The van der Waals surface area contributed by atoms with Gasteiger partial charge in [0.1, 0.15) is 11.9 Å². The Kier molecular flexibility index (Phi) is 7.14. The molecule has 3 atom stereocenters. The highest BCUT2D eigenvalue weighted by Crippen LogP contribution is 2.39. The number of benzene rings is 1. The van der Waals surface area contributed by atoms with E-state index in [2.05, 4.69) is 4.98 Å². The molecule has 1 aromatic carbocycles. The SMILES string of the molecule is CC(Oc1ccc(Cl)cn1)C1CN(C(=O)c2ccc(CC#N)o2)CC1c1ccc(Cl)c(Cl)c1. The molecule has 4 rings (SSSR count). The molecule has 1 aliphatic heterocycles. The summed E-state index contributed by atoms with van der Waals surface area (Å²) < 4.78 is 11.7. The number of likely N-dealkylation sites (tertiary alicyclic amines) is 1. The van der Waals surface area contributed by atoms with Gasteiger partial charge in [0.15, 0.2) is 5.76 Å². The third-order valence-corrected chi connectivity index (χ3v) is 6.72. The van der Waals surface area contributed by atoms with Crippen molar-refractivity contribution >= 4 is 40.7 Å². The van der Waals surface area contributed by atoms with Crippen LogP contribution in [0.1, 0.15) is 34.7 Å². The molecule has 0 N–H and O–H groups in total. The maximum atomic E-state index is 13.2. The first-order chi connectivity index (χ1) is 15.9. The number of aromatic nitrogens is 1. The molecule has 2 aromatic heterocycles. The molecule has 170 valence electrons. The molecule has 9 heteroatoms. The average Bonchev–Trinajstić information content (AvgIpc) is 3.45. The normalized spacial score (nSPS) is 18.7. The summed E-state index contributed by atoms with van der Waals surface area (Å²) in [5, 5.41) is 10.3. The second-order valence-corrected chi connectivity index (χ2v) is 9.14. The van der Waals surface area contributed by atoms with Crippen LogP contribution < -0.4 is 4.74 Å². The lowest BCUT2D eigenvalue weighted by molar-refractivity contribution is 0.0737. The molecule has 1 amide bonds. The molecule has 0 saturated carbocycles. The Labute approximate surface area is 206 Å². The van der Waals surface area contributed by atoms with E-state index in [4.69, 9.17) is 49.2 Å². The summed E-state index contributed by atoms with van der Waals surface area (Å²) in [7, 11) is 0. The summed E-state index contributed by atoms with van der Waals surface area (Å²) in [5.41, 5.74) is 0.967. The van der Waals surface area contributed by atoms with Gasteiger partial charge in [0.05, 0.1) is 27.6 Å². The molecule has 6 nitrogen and oxygen atoms in total. The summed E-state index contributed by atoms with van der Waals surface area (Å²) >= 11 is 18.3. The zero-order valence-corrected chi connectivity index (χ0v) is 19.9. The van der Waals surface area contributed by atoms with Crippen LogP contribution in [0, 0.1) is 17.2 Å². The van der Waals surface area contributed by atoms with Crippen molar-refractivity contribution < 1.29 is 13.9 Å². The van der Waals surface area contributed by atoms with Crippen molar-refractivity contribution in [2.24, 2.45) is 5.92 Å². The second kappa shape index (κ2) is 10.0. The van der Waals surface area contributed by atoms with Crippen LogP contribution in [0.25, 0.3) is 0 Å². The van der Waals surface area contributed by atoms with Crippen LogP contribution in [0.15, 0.2) is 53.1 Å². The first kappa shape index (κ1) is 23.4. The molecule has 33 heavy (non-hydrogen) atoms. The third kappa shape index (κ3) is 5.27. The molecule has 3 unspecified atom stereocenters. The topological polar surface area (TPSA) is 79.4 Å². The van der Waals surface area contributed by atoms with Crippen molar-refractivity contribution in [2.75, 3.05) is 13.1 Å². The predicted octanol–water partition coefficient (Wildman–Crippen LogP) is 6.02. The van der Waals surface area contributed by atoms with Gasteiger partial charge in [-0.15, -0.1) is 0 Å². The lowest BCUT2D eigenvalue weighted by Gasteiger charge is -2.25. The fraction of sp³-hybridized carbons (Fsp3) is 0.292. The average molecular weight is 505 g/mol. The van der Waals surface area contributed by atoms with Crippen molar-refractivity contribution in [1.82, 2.24) is 9.88 Å². The minimum Gasteiger partial charge on any atom is -0.474 e. The van der Waals surface area contributed by atoms with Gasteiger partial charge in [0.2, 0.25) is 5.88 Å². The molecular formula is C24H20Cl3N3O3. The van der Waals surface area contributed by atoms with E-state index in [0.717, 1.165) is 5.56 Å². The van der Waals surface area contributed by atoms with Gasteiger partial charge in [-0.05, 0) is 42.8 Å². The van der Waals surface area contributed by atoms with Gasteiger partial charge >= 0.3 is 0 Å². The lowest BCUT2D eigenvalue weighted by atomic mass is 9.86. The number of carbonyl (C=O) groups is 1. The number of furan rings is 1. The molecule has 0 radical (unpaired) electrons. The van der Waals surface area contributed by atoms with Gasteiger partial charge in [-0.3, -0.25) is 4.79 Å². The number of hydrogen-bond donors (Lipinski definition) is 0. The van der Waals surface area contributed by atoms with E-state index >= 15 is 0 Å². The predicted molar refractivity (Wildman–Crippen MR) is 126 cm³/mol. The van der Waals surface area contributed by atoms with Crippen LogP contribution in [0.2, 0.25) is 15.1 Å². The van der Waals surface area contributed by atoms with E-state index in [0.29, 0.717) is 39.8 Å².